The molecular weight excluding hydrogens is 310 g/mol. The van der Waals surface area contributed by atoms with Gasteiger partial charge in [-0.15, -0.1) is 0 Å². The van der Waals surface area contributed by atoms with Gasteiger partial charge in [-0.3, -0.25) is 9.13 Å². The van der Waals surface area contributed by atoms with E-state index in [1.54, 1.807) is 0 Å². The van der Waals surface area contributed by atoms with E-state index in [0.717, 1.165) is 51.4 Å². The maximum atomic E-state index is 12.3. The zero-order valence-corrected chi connectivity index (χ0v) is 14.3. The second-order valence-corrected chi connectivity index (χ2v) is 9.76. The smallest absolute Gasteiger partial charge is 0.256 e. The van der Waals surface area contributed by atoms with Crippen LogP contribution in [-0.2, 0) is 13.4 Å². The first kappa shape index (κ1) is 17.6. The van der Waals surface area contributed by atoms with Crippen LogP contribution >= 0.6 is 15.3 Å². The lowest BCUT2D eigenvalue weighted by Gasteiger charge is -2.29. The summed E-state index contributed by atoms with van der Waals surface area (Å²) < 4.78 is 29.7. The van der Waals surface area contributed by atoms with E-state index in [-0.39, 0.29) is 12.1 Å². The molecular formula is C12H28N4O3P2. The minimum atomic E-state index is -3.65. The van der Waals surface area contributed by atoms with Gasteiger partial charge in [-0.05, 0) is 25.7 Å². The summed E-state index contributed by atoms with van der Waals surface area (Å²) in [7, 11) is -7.30. The molecule has 6 N–H and O–H groups in total. The molecule has 2 atom stereocenters. The van der Waals surface area contributed by atoms with E-state index in [9.17, 15) is 9.13 Å². The molecule has 0 radical (unpaired) electrons. The zero-order valence-electron chi connectivity index (χ0n) is 12.5. The molecule has 2 saturated carbocycles. The topological polar surface area (TPSA) is 119 Å². The van der Waals surface area contributed by atoms with E-state index in [1.165, 1.54) is 12.8 Å². The summed E-state index contributed by atoms with van der Waals surface area (Å²) >= 11 is 0. The number of rotatable bonds is 6. The van der Waals surface area contributed by atoms with Gasteiger partial charge in [0.05, 0.1) is 0 Å². The van der Waals surface area contributed by atoms with E-state index >= 15 is 0 Å². The standard InChI is InChI=1S/C12H28N4O3P2/c13-20(17,15-11-7-3-1-4-8-11)19-21(14,18)16-12-9-5-2-6-10-12/h11-12H,1-10H2,(H3,13,15,17)(H3,14,16,18). The lowest BCUT2D eigenvalue weighted by molar-refractivity contribution is 0.370. The van der Waals surface area contributed by atoms with Gasteiger partial charge in [0.1, 0.15) is 0 Å². The summed E-state index contributed by atoms with van der Waals surface area (Å²) in [5.41, 5.74) is 11.3. The van der Waals surface area contributed by atoms with Crippen molar-refractivity contribution in [3.63, 3.8) is 0 Å². The molecule has 9 heteroatoms. The van der Waals surface area contributed by atoms with Crippen molar-refractivity contribution in [3.05, 3.63) is 0 Å². The Balaban J connectivity index is 1.84. The second kappa shape index (κ2) is 7.69. The highest BCUT2D eigenvalue weighted by atomic mass is 31.3. The third-order valence-electron chi connectivity index (χ3n) is 4.18. The van der Waals surface area contributed by atoms with Crippen molar-refractivity contribution in [1.29, 1.82) is 0 Å². The van der Waals surface area contributed by atoms with E-state index in [2.05, 4.69) is 10.2 Å². The number of hydrogen-bond donors (Lipinski definition) is 4. The Morgan fingerprint density at radius 2 is 1.05 bits per heavy atom. The normalized spacial score (nSPS) is 27.9. The summed E-state index contributed by atoms with van der Waals surface area (Å²) in [6.07, 6.45) is 10.3. The second-order valence-electron chi connectivity index (χ2n) is 6.20. The summed E-state index contributed by atoms with van der Waals surface area (Å²) in [5.74, 6) is 0. The van der Waals surface area contributed by atoms with Gasteiger partial charge in [0.25, 0.3) is 0 Å². The first-order chi connectivity index (χ1) is 9.86. The van der Waals surface area contributed by atoms with Crippen LogP contribution in [0, 0.1) is 0 Å². The van der Waals surface area contributed by atoms with Crippen LogP contribution in [0.1, 0.15) is 64.2 Å². The molecule has 0 spiro atoms. The molecule has 0 bridgehead atoms. The van der Waals surface area contributed by atoms with Crippen molar-refractivity contribution >= 4 is 15.3 Å². The van der Waals surface area contributed by atoms with Crippen LogP contribution in [0.25, 0.3) is 0 Å². The van der Waals surface area contributed by atoms with Crippen LogP contribution < -0.4 is 21.2 Å². The van der Waals surface area contributed by atoms with Gasteiger partial charge < -0.3 is 0 Å². The average molecular weight is 338 g/mol. The fraction of sp³-hybridized carbons (Fsp3) is 1.00. The first-order valence-corrected chi connectivity index (χ1v) is 11.3. The number of hydrogen-bond acceptors (Lipinski definition) is 3. The highest BCUT2D eigenvalue weighted by molar-refractivity contribution is 7.67. The fourth-order valence-corrected chi connectivity index (χ4v) is 6.55. The molecule has 2 rings (SSSR count). The molecule has 0 heterocycles. The van der Waals surface area contributed by atoms with Crippen molar-refractivity contribution in [2.24, 2.45) is 11.0 Å². The molecule has 0 aromatic carbocycles. The lowest BCUT2D eigenvalue weighted by atomic mass is 9.96. The summed E-state index contributed by atoms with van der Waals surface area (Å²) in [6, 6.07) is 0.119. The Labute approximate surface area is 127 Å². The maximum absolute atomic E-state index is 12.3. The molecule has 2 unspecified atom stereocenters. The highest BCUT2D eigenvalue weighted by Crippen LogP contribution is 2.51. The summed E-state index contributed by atoms with van der Waals surface area (Å²) in [5, 5.41) is 5.61. The predicted octanol–water partition coefficient (Wildman–Crippen LogP) is 2.98. The Bertz CT molecular complexity index is 385. The van der Waals surface area contributed by atoms with E-state index in [0.29, 0.717) is 0 Å². The van der Waals surface area contributed by atoms with Crippen molar-refractivity contribution in [2.75, 3.05) is 0 Å². The van der Waals surface area contributed by atoms with Crippen molar-refractivity contribution in [1.82, 2.24) is 10.2 Å². The predicted molar refractivity (Wildman–Crippen MR) is 84.7 cm³/mol. The van der Waals surface area contributed by atoms with Crippen molar-refractivity contribution in [3.8, 4) is 0 Å². The van der Waals surface area contributed by atoms with Crippen LogP contribution in [0.4, 0.5) is 0 Å². The third kappa shape index (κ3) is 6.49. The minimum absolute atomic E-state index is 0.0595. The van der Waals surface area contributed by atoms with Gasteiger partial charge in [0.15, 0.2) is 0 Å². The van der Waals surface area contributed by atoms with Crippen molar-refractivity contribution in [2.45, 2.75) is 76.3 Å². The lowest BCUT2D eigenvalue weighted by Crippen LogP contribution is -2.35. The minimum Gasteiger partial charge on any atom is -0.256 e. The molecule has 21 heavy (non-hydrogen) atoms. The molecule has 0 amide bonds. The van der Waals surface area contributed by atoms with Crippen LogP contribution in [0.3, 0.4) is 0 Å². The van der Waals surface area contributed by atoms with Crippen LogP contribution in [0.15, 0.2) is 0 Å². The molecule has 2 aliphatic carbocycles. The van der Waals surface area contributed by atoms with E-state index < -0.39 is 15.3 Å². The molecule has 0 aliphatic heterocycles. The first-order valence-electron chi connectivity index (χ1n) is 7.90. The molecule has 2 fully saturated rings. The number of nitrogens with one attached hydrogen (secondary N) is 2. The molecule has 7 nitrogen and oxygen atoms in total. The SMILES string of the molecule is NP(=O)(NC1CCCCC1)OP(N)(=O)NC1CCCCC1. The van der Waals surface area contributed by atoms with E-state index in [1.807, 2.05) is 0 Å². The fourth-order valence-electron chi connectivity index (χ4n) is 3.20. The quantitative estimate of drug-likeness (QED) is 0.550. The van der Waals surface area contributed by atoms with Gasteiger partial charge in [0, 0.05) is 12.1 Å². The third-order valence-corrected chi connectivity index (χ3v) is 7.57. The summed E-state index contributed by atoms with van der Waals surface area (Å²) in [6.45, 7) is 0. The molecule has 0 aromatic rings. The Morgan fingerprint density at radius 1 is 0.714 bits per heavy atom. The molecule has 2 aliphatic rings. The number of nitrogens with two attached hydrogens (primary N) is 2. The van der Waals surface area contributed by atoms with Crippen LogP contribution in [0.2, 0.25) is 0 Å². The van der Waals surface area contributed by atoms with Crippen molar-refractivity contribution < 1.29 is 13.4 Å². The monoisotopic (exact) mass is 338 g/mol. The van der Waals surface area contributed by atoms with Gasteiger partial charge >= 0.3 is 15.3 Å². The molecule has 124 valence electrons. The average Bonchev–Trinajstić information content (AvgIpc) is 2.38. The highest BCUT2D eigenvalue weighted by Gasteiger charge is 2.33. The summed E-state index contributed by atoms with van der Waals surface area (Å²) in [4.78, 5) is 0. The largest absolute Gasteiger partial charge is 0.345 e. The van der Waals surface area contributed by atoms with Gasteiger partial charge in [-0.25, -0.2) is 25.5 Å². The maximum Gasteiger partial charge on any atom is 0.345 e. The Hall–Kier alpha value is 0.260. The Morgan fingerprint density at radius 3 is 1.38 bits per heavy atom. The van der Waals surface area contributed by atoms with E-state index in [4.69, 9.17) is 15.3 Å². The molecule has 0 saturated heterocycles. The van der Waals surface area contributed by atoms with Gasteiger partial charge in [0.2, 0.25) is 0 Å². The van der Waals surface area contributed by atoms with Gasteiger partial charge in [-0.1, -0.05) is 38.5 Å². The Kier molecular flexibility index (Phi) is 6.45. The van der Waals surface area contributed by atoms with Gasteiger partial charge in [-0.2, -0.15) is 0 Å². The zero-order chi connectivity index (χ0) is 15.3. The van der Waals surface area contributed by atoms with Crippen LogP contribution in [0.5, 0.6) is 0 Å². The van der Waals surface area contributed by atoms with Crippen LogP contribution in [-0.4, -0.2) is 12.1 Å². The molecule has 0 aromatic heterocycles.